The SMILES string of the molecule is CC(C)c1c(C(=O)Nc2ccccc2)c(-c2ccccc2)c(-c2ccc(F)cc2)n1CC[C@@H](O)C[C@H](CC(=O)O)OC(=O)C[C@H](O)CC[C@@H](O)Cn1c(-c2ccc(F)cc2)c(-c2ccccc2)c(C(=O)Nc2ccccc2)c1C(C)C. The van der Waals surface area contributed by atoms with Crippen LogP contribution in [0.3, 0.4) is 0 Å². The first-order valence-electron chi connectivity index (χ1n) is 27.3. The predicted octanol–water partition coefficient (Wildman–Crippen LogP) is 13.1. The highest BCUT2D eigenvalue weighted by atomic mass is 19.1. The second kappa shape index (κ2) is 27.1. The minimum Gasteiger partial charge on any atom is -0.481 e. The van der Waals surface area contributed by atoms with E-state index in [-0.39, 0.29) is 62.4 Å². The number of anilines is 2. The first kappa shape index (κ1) is 58.6. The number of carboxylic acid groups (broad SMARTS) is 1. The first-order valence-corrected chi connectivity index (χ1v) is 27.3. The molecule has 81 heavy (non-hydrogen) atoms. The summed E-state index contributed by atoms with van der Waals surface area (Å²) in [5.41, 5.74) is 8.25. The molecule has 0 aliphatic rings. The number of esters is 1. The zero-order chi connectivity index (χ0) is 57.7. The third kappa shape index (κ3) is 14.7. The van der Waals surface area contributed by atoms with Crippen molar-refractivity contribution in [1.29, 1.82) is 0 Å². The van der Waals surface area contributed by atoms with E-state index in [9.17, 15) is 48.4 Å². The van der Waals surface area contributed by atoms with Gasteiger partial charge in [0.1, 0.15) is 17.7 Å². The Kier molecular flexibility index (Phi) is 19.6. The van der Waals surface area contributed by atoms with Crippen LogP contribution in [-0.4, -0.2) is 77.7 Å². The van der Waals surface area contributed by atoms with Crippen molar-refractivity contribution in [1.82, 2.24) is 9.13 Å². The summed E-state index contributed by atoms with van der Waals surface area (Å²) < 4.78 is 38.4. The number of aliphatic hydroxyl groups is 3. The van der Waals surface area contributed by atoms with Crippen LogP contribution in [0.4, 0.5) is 20.2 Å². The Morgan fingerprint density at radius 1 is 0.494 bits per heavy atom. The Balaban J connectivity index is 0.993. The minimum atomic E-state index is -1.32. The molecule has 13 nitrogen and oxygen atoms in total. The molecule has 8 aromatic rings. The number of aliphatic hydroxyl groups excluding tert-OH is 3. The molecular formula is C66H68F2N4O9. The summed E-state index contributed by atoms with van der Waals surface area (Å²) in [6.07, 6.45) is -6.45. The Bertz CT molecular complexity index is 3400. The fraction of sp³-hybridized carbons (Fsp3) is 0.273. The number of rotatable bonds is 25. The molecular weight excluding hydrogens is 1030 g/mol. The van der Waals surface area contributed by atoms with E-state index in [1.165, 1.54) is 24.3 Å². The van der Waals surface area contributed by atoms with Gasteiger partial charge in [0.2, 0.25) is 0 Å². The molecule has 15 heteroatoms. The number of hydrogen-bond acceptors (Lipinski definition) is 8. The van der Waals surface area contributed by atoms with Gasteiger partial charge in [0.05, 0.1) is 53.7 Å². The molecule has 420 valence electrons. The van der Waals surface area contributed by atoms with Crippen molar-refractivity contribution in [2.75, 3.05) is 10.6 Å². The summed E-state index contributed by atoms with van der Waals surface area (Å²) in [7, 11) is 0. The van der Waals surface area contributed by atoms with E-state index in [1.54, 1.807) is 48.5 Å². The largest absolute Gasteiger partial charge is 0.481 e. The Morgan fingerprint density at radius 3 is 1.33 bits per heavy atom. The van der Waals surface area contributed by atoms with E-state index in [4.69, 9.17) is 4.74 Å². The number of hydrogen-bond donors (Lipinski definition) is 6. The molecule has 0 aliphatic carbocycles. The van der Waals surface area contributed by atoms with Crippen LogP contribution in [0.1, 0.15) is 110 Å². The van der Waals surface area contributed by atoms with Crippen LogP contribution >= 0.6 is 0 Å². The van der Waals surface area contributed by atoms with Gasteiger partial charge in [-0.05, 0) is 126 Å². The molecule has 2 heterocycles. The lowest BCUT2D eigenvalue weighted by atomic mass is 9.94. The fourth-order valence-electron chi connectivity index (χ4n) is 10.7. The number of para-hydroxylation sites is 2. The van der Waals surface area contributed by atoms with Crippen LogP contribution < -0.4 is 10.6 Å². The number of aliphatic carboxylic acids is 1. The molecule has 0 saturated heterocycles. The standard InChI is InChI=1S/C66H68F2N4O9/c1-41(2)61-59(65(79)69-49-21-13-7-14-22-49)57(43-17-9-5-10-18-43)63(45-25-29-47(67)30-26-45)71(61)36-35-52(74)37-54(39-55(76)77)81-56(78)38-51(73)33-34-53(75)40-72-62(42(3)4)60(66(80)70-50-23-15-8-16-24-50)58(44-19-11-6-12-20-44)64(72)46-27-31-48(68)32-28-46/h5-32,41-42,51-54,73-75H,33-40H2,1-4H3,(H,69,79)(H,70,80)(H,76,77)/t51-,52-,53-,54-/m1/s1. The summed E-state index contributed by atoms with van der Waals surface area (Å²) in [6, 6.07) is 48.6. The molecule has 0 radical (unpaired) electrons. The smallest absolute Gasteiger partial charge is 0.308 e. The Labute approximate surface area is 470 Å². The molecule has 0 fully saturated rings. The number of halogens is 2. The van der Waals surface area contributed by atoms with Crippen LogP contribution in [0.25, 0.3) is 44.8 Å². The second-order valence-electron chi connectivity index (χ2n) is 20.9. The molecule has 6 aromatic carbocycles. The molecule has 2 aromatic heterocycles. The van der Waals surface area contributed by atoms with E-state index in [2.05, 4.69) is 10.6 Å². The quantitative estimate of drug-likeness (QED) is 0.0302. The van der Waals surface area contributed by atoms with E-state index in [0.29, 0.717) is 67.5 Å². The highest BCUT2D eigenvalue weighted by Gasteiger charge is 2.34. The summed E-state index contributed by atoms with van der Waals surface area (Å²) in [5.74, 6) is -4.34. The number of carboxylic acids is 1. The molecule has 0 saturated carbocycles. The highest BCUT2D eigenvalue weighted by Crippen LogP contribution is 2.45. The number of carbonyl (C=O) groups is 4. The Morgan fingerprint density at radius 2 is 0.901 bits per heavy atom. The van der Waals surface area contributed by atoms with Crippen LogP contribution in [0.5, 0.6) is 0 Å². The van der Waals surface area contributed by atoms with Crippen molar-refractivity contribution >= 4 is 35.1 Å². The summed E-state index contributed by atoms with van der Waals surface area (Å²) in [5, 5.41) is 50.7. The lowest BCUT2D eigenvalue weighted by molar-refractivity contribution is -0.156. The third-order valence-corrected chi connectivity index (χ3v) is 14.1. The predicted molar refractivity (Wildman–Crippen MR) is 311 cm³/mol. The van der Waals surface area contributed by atoms with E-state index in [1.807, 2.05) is 134 Å². The van der Waals surface area contributed by atoms with Gasteiger partial charge in [0.25, 0.3) is 11.8 Å². The molecule has 6 N–H and O–H groups in total. The molecule has 4 atom stereocenters. The maximum Gasteiger partial charge on any atom is 0.308 e. The van der Waals surface area contributed by atoms with Crippen molar-refractivity contribution in [2.24, 2.45) is 0 Å². The number of benzene rings is 6. The topological polar surface area (TPSA) is 192 Å². The van der Waals surface area contributed by atoms with Gasteiger partial charge in [-0.3, -0.25) is 19.2 Å². The van der Waals surface area contributed by atoms with E-state index >= 15 is 0 Å². The molecule has 8 rings (SSSR count). The van der Waals surface area contributed by atoms with Crippen molar-refractivity contribution in [3.8, 4) is 44.8 Å². The lowest BCUT2D eigenvalue weighted by Crippen LogP contribution is -2.29. The van der Waals surface area contributed by atoms with Gasteiger partial charge in [-0.25, -0.2) is 8.78 Å². The van der Waals surface area contributed by atoms with Crippen LogP contribution in [-0.2, 0) is 27.4 Å². The van der Waals surface area contributed by atoms with Crippen molar-refractivity contribution in [2.45, 2.75) is 116 Å². The van der Waals surface area contributed by atoms with Gasteiger partial charge in [-0.2, -0.15) is 0 Å². The molecule has 0 unspecified atom stereocenters. The number of nitrogens with zero attached hydrogens (tertiary/aromatic N) is 2. The zero-order valence-electron chi connectivity index (χ0n) is 45.8. The van der Waals surface area contributed by atoms with Gasteiger partial charge in [0, 0.05) is 53.4 Å². The maximum atomic E-state index is 14.5. The number of aromatic nitrogens is 2. The normalized spacial score (nSPS) is 12.9. The van der Waals surface area contributed by atoms with Crippen LogP contribution in [0.15, 0.2) is 170 Å². The van der Waals surface area contributed by atoms with Gasteiger partial charge in [-0.1, -0.05) is 125 Å². The molecule has 0 bridgehead atoms. The monoisotopic (exact) mass is 1100 g/mol. The molecule has 0 aliphatic heterocycles. The average molecular weight is 1100 g/mol. The average Bonchev–Trinajstić information content (AvgIpc) is 4.23. The summed E-state index contributed by atoms with van der Waals surface area (Å²) >= 11 is 0. The first-order chi connectivity index (χ1) is 39.0. The van der Waals surface area contributed by atoms with Crippen molar-refractivity contribution in [3.63, 3.8) is 0 Å². The maximum absolute atomic E-state index is 14.5. The summed E-state index contributed by atoms with van der Waals surface area (Å²) in [6.45, 7) is 7.86. The molecule has 0 spiro atoms. The number of nitrogens with one attached hydrogen (secondary N) is 2. The van der Waals surface area contributed by atoms with Gasteiger partial charge in [-0.15, -0.1) is 0 Å². The zero-order valence-corrected chi connectivity index (χ0v) is 45.8. The van der Waals surface area contributed by atoms with E-state index in [0.717, 1.165) is 11.1 Å². The number of carbonyl (C=O) groups excluding carboxylic acids is 3. The minimum absolute atomic E-state index is 0.00418. The van der Waals surface area contributed by atoms with Gasteiger partial charge >= 0.3 is 11.9 Å². The number of amides is 2. The van der Waals surface area contributed by atoms with Crippen molar-refractivity contribution < 1.29 is 53.1 Å². The van der Waals surface area contributed by atoms with Gasteiger partial charge < -0.3 is 44.9 Å². The summed E-state index contributed by atoms with van der Waals surface area (Å²) in [4.78, 5) is 54.7. The fourth-order valence-corrected chi connectivity index (χ4v) is 10.7. The Hall–Kier alpha value is -8.50. The number of ether oxygens (including phenoxy) is 1. The highest BCUT2D eigenvalue weighted by molar-refractivity contribution is 6.13. The van der Waals surface area contributed by atoms with E-state index < -0.39 is 60.8 Å². The molecule has 2 amide bonds. The third-order valence-electron chi connectivity index (χ3n) is 14.1. The van der Waals surface area contributed by atoms with Gasteiger partial charge in [0.15, 0.2) is 0 Å². The van der Waals surface area contributed by atoms with Crippen molar-refractivity contribution in [3.05, 3.63) is 204 Å². The second-order valence-corrected chi connectivity index (χ2v) is 20.9. The lowest BCUT2D eigenvalue weighted by Gasteiger charge is -2.23. The van der Waals surface area contributed by atoms with Crippen LogP contribution in [0, 0.1) is 11.6 Å². The van der Waals surface area contributed by atoms with Crippen LogP contribution in [0.2, 0.25) is 0 Å².